The number of likely N-dealkylation sites (N-methyl/N-ethyl adjacent to an activating group) is 2. The molecule has 2 N–H and O–H groups in total. The molecule has 3 atom stereocenters. The van der Waals surface area contributed by atoms with Gasteiger partial charge in [0.2, 0.25) is 23.6 Å². The molecule has 0 radical (unpaired) electrons. The smallest absolute Gasteiger partial charge is 0.246 e. The summed E-state index contributed by atoms with van der Waals surface area (Å²) in [4.78, 5) is 54.9. The van der Waals surface area contributed by atoms with Gasteiger partial charge in [0.15, 0.2) is 0 Å². The Hall–Kier alpha value is -3.84. The standard InChI is InChI=1S/C29H40N4O5/c1-7-8-19-38-23-15-12-22(13-16-23)14-17-25(34)31-24-11-9-10-18-30-27(35)21(4)32(5)29(37)26(20(2)3)33(6)28(24)36/h8,12-17,20-21,24,26H,1,9-11,18-19H2,2-6H3,(H,30,35)(H,31,34)/b17-14+/t21-,24-,26+/m0/s1. The summed E-state index contributed by atoms with van der Waals surface area (Å²) < 4.78 is 5.51. The third kappa shape index (κ3) is 8.63. The zero-order chi connectivity index (χ0) is 28.2. The second kappa shape index (κ2) is 14.8. The van der Waals surface area contributed by atoms with Crippen molar-refractivity contribution >= 4 is 29.7 Å². The number of hydrogen-bond donors (Lipinski definition) is 2. The average molecular weight is 525 g/mol. The summed E-state index contributed by atoms with van der Waals surface area (Å²) in [5.41, 5.74) is 3.44. The summed E-state index contributed by atoms with van der Waals surface area (Å²) in [7, 11) is 3.15. The molecule has 0 aliphatic carbocycles. The fourth-order valence-electron chi connectivity index (χ4n) is 4.21. The molecule has 1 heterocycles. The lowest BCUT2D eigenvalue weighted by Gasteiger charge is -2.36. The molecule has 1 aliphatic rings. The van der Waals surface area contributed by atoms with E-state index >= 15 is 0 Å². The fraction of sp³-hybridized carbons (Fsp3) is 0.483. The topological polar surface area (TPSA) is 108 Å². The van der Waals surface area contributed by atoms with Crippen molar-refractivity contribution in [1.29, 1.82) is 0 Å². The van der Waals surface area contributed by atoms with Crippen molar-refractivity contribution in [2.24, 2.45) is 5.92 Å². The molecule has 38 heavy (non-hydrogen) atoms. The van der Waals surface area contributed by atoms with Crippen LogP contribution in [0.3, 0.4) is 0 Å². The monoisotopic (exact) mass is 524 g/mol. The van der Waals surface area contributed by atoms with E-state index in [0.717, 1.165) is 5.56 Å². The van der Waals surface area contributed by atoms with E-state index in [4.69, 9.17) is 4.74 Å². The highest BCUT2D eigenvalue weighted by Gasteiger charge is 2.37. The van der Waals surface area contributed by atoms with Gasteiger partial charge >= 0.3 is 0 Å². The quantitative estimate of drug-likeness (QED) is 0.421. The number of carbonyl (C=O) groups excluding carboxylic acids is 4. The number of rotatable bonds is 7. The van der Waals surface area contributed by atoms with E-state index in [-0.39, 0.29) is 23.6 Å². The second-order valence-corrected chi connectivity index (χ2v) is 9.73. The number of carbonyl (C=O) groups is 4. The van der Waals surface area contributed by atoms with Crippen LogP contribution in [-0.4, -0.2) is 78.8 Å². The Kier molecular flexibility index (Phi) is 11.8. The Morgan fingerprint density at radius 1 is 1.16 bits per heavy atom. The zero-order valence-electron chi connectivity index (χ0n) is 23.0. The van der Waals surface area contributed by atoms with Gasteiger partial charge in [0.05, 0.1) is 0 Å². The van der Waals surface area contributed by atoms with E-state index in [1.165, 1.54) is 15.9 Å². The third-order valence-corrected chi connectivity index (χ3v) is 6.58. The normalized spacial score (nSPS) is 21.7. The van der Waals surface area contributed by atoms with Gasteiger partial charge in [-0.15, -0.1) is 5.73 Å². The van der Waals surface area contributed by atoms with Crippen molar-refractivity contribution in [3.63, 3.8) is 0 Å². The lowest BCUT2D eigenvalue weighted by atomic mass is 9.99. The first-order valence-corrected chi connectivity index (χ1v) is 12.9. The first-order chi connectivity index (χ1) is 18.1. The first-order valence-electron chi connectivity index (χ1n) is 12.9. The van der Waals surface area contributed by atoms with Gasteiger partial charge in [-0.1, -0.05) is 32.6 Å². The maximum Gasteiger partial charge on any atom is 0.246 e. The highest BCUT2D eigenvalue weighted by atomic mass is 16.5. The van der Waals surface area contributed by atoms with E-state index in [0.29, 0.717) is 38.2 Å². The van der Waals surface area contributed by atoms with Crippen LogP contribution in [0.4, 0.5) is 0 Å². The molecule has 9 heteroatoms. The van der Waals surface area contributed by atoms with Crippen LogP contribution in [0.2, 0.25) is 0 Å². The SMILES string of the molecule is C=C=CCOc1ccc(/C=C/C(=O)N[C@H]2CCCCNC(=O)[C@H](C)N(C)C(=O)[C@@H](C(C)C)N(C)C2=O)cc1. The lowest BCUT2D eigenvalue weighted by Crippen LogP contribution is -2.58. The van der Waals surface area contributed by atoms with Gasteiger partial charge in [-0.05, 0) is 62.0 Å². The number of nitrogens with zero attached hydrogens (tertiary/aromatic N) is 2. The number of hydrogen-bond acceptors (Lipinski definition) is 5. The van der Waals surface area contributed by atoms with E-state index in [2.05, 4.69) is 22.9 Å². The number of nitrogens with one attached hydrogen (secondary N) is 2. The number of ether oxygens (including phenoxy) is 1. The maximum atomic E-state index is 13.5. The summed E-state index contributed by atoms with van der Waals surface area (Å²) >= 11 is 0. The predicted molar refractivity (Wildman–Crippen MR) is 147 cm³/mol. The maximum absolute atomic E-state index is 13.5. The van der Waals surface area contributed by atoms with Crippen LogP contribution in [0.1, 0.15) is 45.6 Å². The summed E-state index contributed by atoms with van der Waals surface area (Å²) in [6, 6.07) is 4.97. The van der Waals surface area contributed by atoms with Crippen molar-refractivity contribution in [3.05, 3.63) is 54.3 Å². The second-order valence-electron chi connectivity index (χ2n) is 9.73. The van der Waals surface area contributed by atoms with Crippen LogP contribution in [0.15, 0.2) is 48.7 Å². The van der Waals surface area contributed by atoms with Crippen molar-refractivity contribution in [1.82, 2.24) is 20.4 Å². The van der Waals surface area contributed by atoms with Crippen molar-refractivity contribution in [2.75, 3.05) is 27.2 Å². The summed E-state index contributed by atoms with van der Waals surface area (Å²) in [5, 5.41) is 5.67. The highest BCUT2D eigenvalue weighted by molar-refractivity contribution is 5.97. The molecule has 1 fully saturated rings. The van der Waals surface area contributed by atoms with Crippen LogP contribution < -0.4 is 15.4 Å². The van der Waals surface area contributed by atoms with Gasteiger partial charge in [-0.3, -0.25) is 19.2 Å². The highest BCUT2D eigenvalue weighted by Crippen LogP contribution is 2.18. The molecule has 0 aromatic heterocycles. The minimum atomic E-state index is -0.806. The molecule has 206 valence electrons. The van der Waals surface area contributed by atoms with Crippen LogP contribution in [0.5, 0.6) is 5.75 Å². The van der Waals surface area contributed by atoms with Gasteiger partial charge in [0.1, 0.15) is 30.5 Å². The van der Waals surface area contributed by atoms with Gasteiger partial charge in [0.25, 0.3) is 0 Å². The van der Waals surface area contributed by atoms with Crippen LogP contribution >= 0.6 is 0 Å². The molecule has 4 amide bonds. The molecule has 1 saturated heterocycles. The fourth-order valence-corrected chi connectivity index (χ4v) is 4.21. The molecular weight excluding hydrogens is 484 g/mol. The largest absolute Gasteiger partial charge is 0.489 e. The van der Waals surface area contributed by atoms with Gasteiger partial charge in [0, 0.05) is 26.7 Å². The van der Waals surface area contributed by atoms with Crippen molar-refractivity contribution in [3.8, 4) is 5.75 Å². The minimum absolute atomic E-state index is 0.199. The summed E-state index contributed by atoms with van der Waals surface area (Å²) in [6.07, 6.45) is 6.35. The summed E-state index contributed by atoms with van der Waals surface area (Å²) in [5.74, 6) is -0.829. The number of amides is 4. The molecule has 0 saturated carbocycles. The molecule has 1 aliphatic heterocycles. The van der Waals surface area contributed by atoms with Crippen molar-refractivity contribution < 1.29 is 23.9 Å². The molecule has 9 nitrogen and oxygen atoms in total. The van der Waals surface area contributed by atoms with Crippen LogP contribution in [-0.2, 0) is 19.2 Å². The van der Waals surface area contributed by atoms with E-state index < -0.39 is 24.0 Å². The molecule has 1 aromatic rings. The Balaban J connectivity index is 2.17. The van der Waals surface area contributed by atoms with E-state index in [9.17, 15) is 19.2 Å². The Morgan fingerprint density at radius 2 is 1.84 bits per heavy atom. The first kappa shape index (κ1) is 30.4. The van der Waals surface area contributed by atoms with E-state index in [1.54, 1.807) is 45.3 Å². The lowest BCUT2D eigenvalue weighted by molar-refractivity contribution is -0.149. The minimum Gasteiger partial charge on any atom is -0.489 e. The Bertz CT molecular complexity index is 1060. The summed E-state index contributed by atoms with van der Waals surface area (Å²) in [6.45, 7) is 9.66. The van der Waals surface area contributed by atoms with Gasteiger partial charge in [-0.2, -0.15) is 0 Å². The van der Waals surface area contributed by atoms with Crippen LogP contribution in [0, 0.1) is 5.92 Å². The molecular formula is C29H40N4O5. The molecule has 2 rings (SSSR count). The molecule has 1 aromatic carbocycles. The Morgan fingerprint density at radius 3 is 2.47 bits per heavy atom. The molecule has 0 spiro atoms. The van der Waals surface area contributed by atoms with Crippen LogP contribution in [0.25, 0.3) is 6.08 Å². The third-order valence-electron chi connectivity index (χ3n) is 6.58. The Labute approximate surface area is 225 Å². The van der Waals surface area contributed by atoms with Gasteiger partial charge in [-0.25, -0.2) is 0 Å². The zero-order valence-corrected chi connectivity index (χ0v) is 23.0. The van der Waals surface area contributed by atoms with Gasteiger partial charge < -0.3 is 25.2 Å². The average Bonchev–Trinajstić information content (AvgIpc) is 2.90. The number of benzene rings is 1. The van der Waals surface area contributed by atoms with Crippen molar-refractivity contribution in [2.45, 2.75) is 58.2 Å². The molecule has 0 bridgehead atoms. The van der Waals surface area contributed by atoms with E-state index in [1.807, 2.05) is 26.0 Å². The predicted octanol–water partition coefficient (Wildman–Crippen LogP) is 2.53. The molecule has 0 unspecified atom stereocenters.